The molecule has 6 heteroatoms. The Morgan fingerprint density at radius 3 is 2.30 bits per heavy atom. The quantitative estimate of drug-likeness (QED) is 0.853. The van der Waals surface area contributed by atoms with E-state index in [-0.39, 0.29) is 11.9 Å². The lowest BCUT2D eigenvalue weighted by molar-refractivity contribution is -0.117. The Morgan fingerprint density at radius 2 is 1.85 bits per heavy atom. The minimum Gasteiger partial charge on any atom is -0.493 e. The Morgan fingerprint density at radius 1 is 1.20 bits per heavy atom. The van der Waals surface area contributed by atoms with Gasteiger partial charge in [0.15, 0.2) is 11.5 Å². The van der Waals surface area contributed by atoms with Crippen molar-refractivity contribution in [2.75, 3.05) is 33.2 Å². The third-order valence-electron chi connectivity index (χ3n) is 3.31. The number of carbonyl (C=O) groups is 1. The third kappa shape index (κ3) is 2.96. The van der Waals surface area contributed by atoms with Gasteiger partial charge in [0.1, 0.15) is 0 Å². The van der Waals surface area contributed by atoms with Crippen molar-refractivity contribution in [3.63, 3.8) is 0 Å². The second-order valence-corrected chi connectivity index (χ2v) is 4.55. The molecule has 0 unspecified atom stereocenters. The molecule has 1 fully saturated rings. The van der Waals surface area contributed by atoms with Crippen molar-refractivity contribution in [1.82, 2.24) is 5.32 Å². The largest absolute Gasteiger partial charge is 0.493 e. The minimum absolute atomic E-state index is 0.0447. The van der Waals surface area contributed by atoms with Crippen LogP contribution in [0.5, 0.6) is 17.2 Å². The fraction of sp³-hybridized carbons (Fsp3) is 0.500. The molecule has 1 amide bonds. The first-order chi connectivity index (χ1) is 9.69. The Bertz CT molecular complexity index is 459. The van der Waals surface area contributed by atoms with Gasteiger partial charge in [0.25, 0.3) is 0 Å². The standard InChI is InChI=1S/C14H20N2O4/c1-18-11-7-9(8-12(19-2)13(11)20-3)16-14(17)10-5-4-6-15-10/h7-8,10,15H,4-6H2,1-3H3,(H,16,17)/t10-/m1/s1. The summed E-state index contributed by atoms with van der Waals surface area (Å²) in [5.41, 5.74) is 0.623. The fourth-order valence-electron chi connectivity index (χ4n) is 2.29. The second-order valence-electron chi connectivity index (χ2n) is 4.55. The normalized spacial score (nSPS) is 17.6. The zero-order valence-electron chi connectivity index (χ0n) is 12.0. The lowest BCUT2D eigenvalue weighted by atomic mass is 10.2. The Balaban J connectivity index is 2.21. The third-order valence-corrected chi connectivity index (χ3v) is 3.31. The molecule has 1 aromatic carbocycles. The second kappa shape index (κ2) is 6.47. The highest BCUT2D eigenvalue weighted by Crippen LogP contribution is 2.39. The molecule has 2 N–H and O–H groups in total. The molecular formula is C14H20N2O4. The number of amides is 1. The summed E-state index contributed by atoms with van der Waals surface area (Å²) in [4.78, 5) is 12.1. The number of anilines is 1. The maximum atomic E-state index is 12.1. The van der Waals surface area contributed by atoms with Crippen LogP contribution >= 0.6 is 0 Å². The molecule has 1 heterocycles. The topological polar surface area (TPSA) is 68.8 Å². The monoisotopic (exact) mass is 280 g/mol. The maximum absolute atomic E-state index is 12.1. The summed E-state index contributed by atoms with van der Waals surface area (Å²) in [5.74, 6) is 1.49. The maximum Gasteiger partial charge on any atom is 0.241 e. The predicted molar refractivity (Wildman–Crippen MR) is 75.8 cm³/mol. The Labute approximate surface area is 118 Å². The number of rotatable bonds is 5. The number of benzene rings is 1. The van der Waals surface area contributed by atoms with E-state index >= 15 is 0 Å². The predicted octanol–water partition coefficient (Wildman–Crippen LogP) is 1.40. The van der Waals surface area contributed by atoms with E-state index in [9.17, 15) is 4.79 Å². The lowest BCUT2D eigenvalue weighted by Gasteiger charge is -2.16. The first kappa shape index (κ1) is 14.5. The molecule has 1 atom stereocenters. The van der Waals surface area contributed by atoms with Gasteiger partial charge in [0.2, 0.25) is 11.7 Å². The molecule has 6 nitrogen and oxygen atoms in total. The van der Waals surface area contributed by atoms with E-state index in [1.54, 1.807) is 33.5 Å². The summed E-state index contributed by atoms with van der Waals surface area (Å²) in [6.45, 7) is 0.882. The van der Waals surface area contributed by atoms with E-state index in [2.05, 4.69) is 10.6 Å². The molecule has 1 aliphatic rings. The van der Waals surface area contributed by atoms with Crippen LogP contribution in [0, 0.1) is 0 Å². The van der Waals surface area contributed by atoms with Crippen molar-refractivity contribution in [1.29, 1.82) is 0 Å². The van der Waals surface area contributed by atoms with Crippen LogP contribution in [-0.2, 0) is 4.79 Å². The zero-order chi connectivity index (χ0) is 14.5. The first-order valence-electron chi connectivity index (χ1n) is 6.54. The highest BCUT2D eigenvalue weighted by atomic mass is 16.5. The van der Waals surface area contributed by atoms with Crippen LogP contribution in [0.2, 0.25) is 0 Å². The lowest BCUT2D eigenvalue weighted by Crippen LogP contribution is -2.35. The van der Waals surface area contributed by atoms with Crippen LogP contribution in [0.4, 0.5) is 5.69 Å². The molecular weight excluding hydrogens is 260 g/mol. The number of hydrogen-bond donors (Lipinski definition) is 2. The average Bonchev–Trinajstić information content (AvgIpc) is 3.00. The minimum atomic E-state index is -0.130. The number of carbonyl (C=O) groups excluding carboxylic acids is 1. The van der Waals surface area contributed by atoms with E-state index in [0.717, 1.165) is 19.4 Å². The molecule has 1 aliphatic heterocycles. The molecule has 0 bridgehead atoms. The summed E-state index contributed by atoms with van der Waals surface area (Å²) in [7, 11) is 4.63. The van der Waals surface area contributed by atoms with Crippen molar-refractivity contribution in [2.24, 2.45) is 0 Å². The summed E-state index contributed by atoms with van der Waals surface area (Å²) in [6, 6.07) is 3.30. The van der Waals surface area contributed by atoms with Crippen LogP contribution in [0.15, 0.2) is 12.1 Å². The zero-order valence-corrected chi connectivity index (χ0v) is 12.0. The van der Waals surface area contributed by atoms with Gasteiger partial charge in [-0.15, -0.1) is 0 Å². The van der Waals surface area contributed by atoms with Gasteiger partial charge in [0.05, 0.1) is 27.4 Å². The highest BCUT2D eigenvalue weighted by Gasteiger charge is 2.23. The summed E-state index contributed by atoms with van der Waals surface area (Å²) < 4.78 is 15.8. The number of hydrogen-bond acceptors (Lipinski definition) is 5. The van der Waals surface area contributed by atoms with E-state index in [1.165, 1.54) is 0 Å². The van der Waals surface area contributed by atoms with Gasteiger partial charge in [-0.05, 0) is 19.4 Å². The van der Waals surface area contributed by atoms with Gasteiger partial charge in [-0.25, -0.2) is 0 Å². The van der Waals surface area contributed by atoms with Crippen molar-refractivity contribution in [3.05, 3.63) is 12.1 Å². The molecule has 0 saturated carbocycles. The van der Waals surface area contributed by atoms with E-state index in [4.69, 9.17) is 14.2 Å². The molecule has 0 radical (unpaired) electrons. The van der Waals surface area contributed by atoms with Crippen molar-refractivity contribution >= 4 is 11.6 Å². The molecule has 110 valence electrons. The number of methoxy groups -OCH3 is 3. The van der Waals surface area contributed by atoms with Gasteiger partial charge in [-0.1, -0.05) is 0 Å². The Kier molecular flexibility index (Phi) is 4.68. The summed E-state index contributed by atoms with van der Waals surface area (Å²) in [6.07, 6.45) is 1.88. The smallest absolute Gasteiger partial charge is 0.241 e. The van der Waals surface area contributed by atoms with Crippen molar-refractivity contribution < 1.29 is 19.0 Å². The molecule has 1 saturated heterocycles. The van der Waals surface area contributed by atoms with Gasteiger partial charge >= 0.3 is 0 Å². The molecule has 0 spiro atoms. The van der Waals surface area contributed by atoms with Crippen LogP contribution in [-0.4, -0.2) is 39.8 Å². The van der Waals surface area contributed by atoms with Gasteiger partial charge in [0, 0.05) is 17.8 Å². The van der Waals surface area contributed by atoms with Crippen molar-refractivity contribution in [3.8, 4) is 17.2 Å². The van der Waals surface area contributed by atoms with Crippen molar-refractivity contribution in [2.45, 2.75) is 18.9 Å². The molecule has 1 aromatic rings. The van der Waals surface area contributed by atoms with E-state index < -0.39 is 0 Å². The number of ether oxygens (including phenoxy) is 3. The SMILES string of the molecule is COc1cc(NC(=O)[C@H]2CCCN2)cc(OC)c1OC. The summed E-state index contributed by atoms with van der Waals surface area (Å²) in [5, 5.41) is 6.02. The fourth-order valence-corrected chi connectivity index (χ4v) is 2.29. The molecule has 0 aliphatic carbocycles. The van der Waals surface area contributed by atoms with Crippen LogP contribution < -0.4 is 24.8 Å². The average molecular weight is 280 g/mol. The van der Waals surface area contributed by atoms with Crippen LogP contribution in [0.3, 0.4) is 0 Å². The van der Waals surface area contributed by atoms with Crippen LogP contribution in [0.25, 0.3) is 0 Å². The molecule has 0 aromatic heterocycles. The molecule has 2 rings (SSSR count). The van der Waals surface area contributed by atoms with Gasteiger partial charge in [-0.2, -0.15) is 0 Å². The Hall–Kier alpha value is -1.95. The first-order valence-corrected chi connectivity index (χ1v) is 6.54. The van der Waals surface area contributed by atoms with Gasteiger partial charge < -0.3 is 24.8 Å². The van der Waals surface area contributed by atoms with E-state index in [0.29, 0.717) is 22.9 Å². The molecule has 20 heavy (non-hydrogen) atoms. The van der Waals surface area contributed by atoms with E-state index in [1.807, 2.05) is 0 Å². The number of nitrogens with one attached hydrogen (secondary N) is 2. The summed E-state index contributed by atoms with van der Waals surface area (Å²) >= 11 is 0. The van der Waals surface area contributed by atoms with Crippen LogP contribution in [0.1, 0.15) is 12.8 Å². The van der Waals surface area contributed by atoms with Gasteiger partial charge in [-0.3, -0.25) is 4.79 Å². The highest BCUT2D eigenvalue weighted by molar-refractivity contribution is 5.95.